The Morgan fingerprint density at radius 3 is 2.67 bits per heavy atom. The molecule has 0 fully saturated rings. The summed E-state index contributed by atoms with van der Waals surface area (Å²) >= 11 is 0. The average Bonchev–Trinajstić information content (AvgIpc) is 2.06. The molecule has 1 aromatic heterocycles. The van der Waals surface area contributed by atoms with Gasteiger partial charge in [0, 0.05) is 11.4 Å². The largest absolute Gasteiger partial charge is 0.256 e. The van der Waals surface area contributed by atoms with Gasteiger partial charge in [0.25, 0.3) is 0 Å². The fourth-order valence-corrected chi connectivity index (χ4v) is 1.14. The van der Waals surface area contributed by atoms with Crippen LogP contribution < -0.4 is 10.6 Å². The van der Waals surface area contributed by atoms with Gasteiger partial charge in [-0.05, 0) is 12.1 Å². The summed E-state index contributed by atoms with van der Waals surface area (Å²) in [6.07, 6.45) is 13.9. The van der Waals surface area contributed by atoms with Crippen LogP contribution in [0.4, 0.5) is 0 Å². The summed E-state index contributed by atoms with van der Waals surface area (Å²) < 4.78 is 0. The normalized spacial score (nSPS) is 24.7. The van der Waals surface area contributed by atoms with Crippen molar-refractivity contribution >= 4 is 12.2 Å². The van der Waals surface area contributed by atoms with E-state index in [1.807, 2.05) is 42.6 Å². The second-order valence-electron chi connectivity index (χ2n) is 2.58. The highest BCUT2D eigenvalue weighted by Crippen LogP contribution is 1.82. The smallest absolute Gasteiger partial charge is 0.0701 e. The molecule has 0 aliphatic heterocycles. The van der Waals surface area contributed by atoms with Crippen molar-refractivity contribution < 1.29 is 0 Å². The number of nitrogens with zero attached hydrogens (tertiary/aromatic N) is 1. The number of hydrogen-bond acceptors (Lipinski definition) is 1. The number of fused-ring (bicyclic) bond motifs is 1. The molecule has 0 atom stereocenters. The Hall–Kier alpha value is -1.63. The molecule has 1 aliphatic rings. The van der Waals surface area contributed by atoms with Gasteiger partial charge in [0.1, 0.15) is 0 Å². The molecule has 1 aliphatic carbocycles. The Balaban J connectivity index is 2.80. The Labute approximate surface area is 71.1 Å². The van der Waals surface area contributed by atoms with Gasteiger partial charge in [0.05, 0.1) is 5.35 Å². The van der Waals surface area contributed by atoms with Crippen molar-refractivity contribution in [2.24, 2.45) is 0 Å². The van der Waals surface area contributed by atoms with Crippen LogP contribution in [0, 0.1) is 0 Å². The van der Waals surface area contributed by atoms with Gasteiger partial charge in [0.2, 0.25) is 0 Å². The molecule has 0 spiro atoms. The van der Waals surface area contributed by atoms with Crippen LogP contribution in [0.2, 0.25) is 0 Å². The van der Waals surface area contributed by atoms with Gasteiger partial charge in [-0.15, -0.1) is 0 Å². The number of aromatic nitrogens is 1. The molecule has 2 rings (SSSR count). The van der Waals surface area contributed by atoms with Crippen LogP contribution in [0.1, 0.15) is 0 Å². The van der Waals surface area contributed by atoms with E-state index in [-0.39, 0.29) is 0 Å². The molecule has 0 aromatic carbocycles. The third kappa shape index (κ3) is 1.35. The highest BCUT2D eigenvalue weighted by atomic mass is 14.6. The van der Waals surface area contributed by atoms with Crippen LogP contribution in [-0.2, 0) is 0 Å². The summed E-state index contributed by atoms with van der Waals surface area (Å²) in [5, 5.41) is 2.19. The van der Waals surface area contributed by atoms with Gasteiger partial charge in [-0.3, -0.25) is 4.98 Å². The van der Waals surface area contributed by atoms with Crippen molar-refractivity contribution in [2.75, 3.05) is 0 Å². The molecule has 0 bridgehead atoms. The monoisotopic (exact) mass is 155 g/mol. The average molecular weight is 155 g/mol. The zero-order chi connectivity index (χ0) is 8.23. The first-order valence-corrected chi connectivity index (χ1v) is 3.93. The highest BCUT2D eigenvalue weighted by molar-refractivity contribution is 5.45. The minimum atomic E-state index is 1.03. The van der Waals surface area contributed by atoms with Gasteiger partial charge < -0.3 is 0 Å². The van der Waals surface area contributed by atoms with E-state index >= 15 is 0 Å². The number of rotatable bonds is 0. The number of pyridine rings is 1. The molecule has 58 valence electrons. The second kappa shape index (κ2) is 3.18. The Bertz CT molecular complexity index is 395. The summed E-state index contributed by atoms with van der Waals surface area (Å²) in [6, 6.07) is 4.00. The van der Waals surface area contributed by atoms with Crippen molar-refractivity contribution in [3.05, 3.63) is 53.2 Å². The van der Waals surface area contributed by atoms with Crippen molar-refractivity contribution in [2.45, 2.75) is 0 Å². The molecule has 1 heteroatoms. The third-order valence-electron chi connectivity index (χ3n) is 1.73. The van der Waals surface area contributed by atoms with Gasteiger partial charge >= 0.3 is 0 Å². The SMILES string of the molecule is C1=C\C=c2\cccn\c2=C\C=C/1. The fraction of sp³-hybridized carbons (Fsp3) is 0. The maximum atomic E-state index is 4.25. The molecule has 1 aromatic rings. The molecule has 12 heavy (non-hydrogen) atoms. The lowest BCUT2D eigenvalue weighted by Gasteiger charge is -1.88. The summed E-state index contributed by atoms with van der Waals surface area (Å²) in [5.74, 6) is 0. The highest BCUT2D eigenvalue weighted by Gasteiger charge is 1.83. The Morgan fingerprint density at radius 2 is 1.75 bits per heavy atom. The van der Waals surface area contributed by atoms with E-state index in [0.717, 1.165) is 10.6 Å². The van der Waals surface area contributed by atoms with E-state index < -0.39 is 0 Å². The van der Waals surface area contributed by atoms with Crippen LogP contribution in [0.15, 0.2) is 42.6 Å². The third-order valence-corrected chi connectivity index (χ3v) is 1.73. The first-order chi connectivity index (χ1) is 5.97. The topological polar surface area (TPSA) is 12.9 Å². The van der Waals surface area contributed by atoms with Crippen molar-refractivity contribution in [3.8, 4) is 0 Å². The van der Waals surface area contributed by atoms with E-state index in [4.69, 9.17) is 0 Å². The number of allylic oxidation sites excluding steroid dienone is 4. The predicted molar refractivity (Wildman–Crippen MR) is 50.7 cm³/mol. The molecule has 0 N–H and O–H groups in total. The van der Waals surface area contributed by atoms with Crippen LogP contribution in [0.3, 0.4) is 0 Å². The predicted octanol–water partition coefficient (Wildman–Crippen LogP) is 0.769. The first kappa shape index (κ1) is 7.04. The van der Waals surface area contributed by atoms with E-state index in [2.05, 4.69) is 17.1 Å². The van der Waals surface area contributed by atoms with Crippen LogP contribution in [-0.4, -0.2) is 4.98 Å². The van der Waals surface area contributed by atoms with Crippen molar-refractivity contribution in [3.63, 3.8) is 0 Å². The van der Waals surface area contributed by atoms with E-state index in [9.17, 15) is 0 Å². The minimum Gasteiger partial charge on any atom is -0.256 e. The molecule has 1 heterocycles. The maximum absolute atomic E-state index is 4.25. The zero-order valence-corrected chi connectivity index (χ0v) is 6.64. The molecule has 0 unspecified atom stereocenters. The van der Waals surface area contributed by atoms with Crippen LogP contribution in [0.5, 0.6) is 0 Å². The molecule has 0 saturated carbocycles. The Morgan fingerprint density at radius 1 is 0.917 bits per heavy atom. The summed E-state index contributed by atoms with van der Waals surface area (Å²) in [5.41, 5.74) is 0. The molecular weight excluding hydrogens is 146 g/mol. The summed E-state index contributed by atoms with van der Waals surface area (Å²) in [7, 11) is 0. The van der Waals surface area contributed by atoms with E-state index in [1.165, 1.54) is 0 Å². The minimum absolute atomic E-state index is 1.03. The Kier molecular flexibility index (Phi) is 1.87. The zero-order valence-electron chi connectivity index (χ0n) is 6.64. The summed E-state index contributed by atoms with van der Waals surface area (Å²) in [4.78, 5) is 4.25. The van der Waals surface area contributed by atoms with Gasteiger partial charge in [-0.25, -0.2) is 0 Å². The van der Waals surface area contributed by atoms with Crippen molar-refractivity contribution in [1.29, 1.82) is 0 Å². The second-order valence-corrected chi connectivity index (χ2v) is 2.58. The first-order valence-electron chi connectivity index (χ1n) is 3.93. The lowest BCUT2D eigenvalue weighted by Crippen LogP contribution is -2.26. The lowest BCUT2D eigenvalue weighted by molar-refractivity contribution is 1.22. The maximum Gasteiger partial charge on any atom is 0.0701 e. The van der Waals surface area contributed by atoms with Gasteiger partial charge in [-0.1, -0.05) is 36.4 Å². The van der Waals surface area contributed by atoms with E-state index in [0.29, 0.717) is 0 Å². The summed E-state index contributed by atoms with van der Waals surface area (Å²) in [6.45, 7) is 0. The van der Waals surface area contributed by atoms with Crippen LogP contribution in [0.25, 0.3) is 12.2 Å². The van der Waals surface area contributed by atoms with Crippen molar-refractivity contribution in [1.82, 2.24) is 4.98 Å². The quantitative estimate of drug-likeness (QED) is 0.539. The molecule has 1 nitrogen and oxygen atoms in total. The molecule has 0 amide bonds. The fourth-order valence-electron chi connectivity index (χ4n) is 1.14. The molecule has 0 radical (unpaired) electrons. The molecule has 0 saturated heterocycles. The van der Waals surface area contributed by atoms with Crippen LogP contribution >= 0.6 is 0 Å². The molecular formula is C11H9N. The van der Waals surface area contributed by atoms with Gasteiger partial charge in [-0.2, -0.15) is 0 Å². The number of hydrogen-bond donors (Lipinski definition) is 0. The lowest BCUT2D eigenvalue weighted by atomic mass is 10.2. The van der Waals surface area contributed by atoms with E-state index in [1.54, 1.807) is 0 Å². The standard InChI is InChI=1S/C11H9N/c1-2-4-8-11-10(6-3-1)7-5-9-12-11/h1-9H/b2-1?,3-1-,4-2-,6-3?,8-4?,10-6-,11-8+. The van der Waals surface area contributed by atoms with Gasteiger partial charge in [0.15, 0.2) is 0 Å².